The minimum absolute atomic E-state index is 0.330. The lowest BCUT2D eigenvalue weighted by Gasteiger charge is -2.53. The molecule has 0 aromatic heterocycles. The molecule has 0 aliphatic carbocycles. The van der Waals surface area contributed by atoms with Crippen LogP contribution in [-0.4, -0.2) is 49.3 Å². The zero-order valence-electron chi connectivity index (χ0n) is 14.5. The van der Waals surface area contributed by atoms with Crippen LogP contribution in [0.25, 0.3) is 0 Å². The van der Waals surface area contributed by atoms with Crippen molar-refractivity contribution in [2.45, 2.75) is 77.9 Å². The summed E-state index contributed by atoms with van der Waals surface area (Å²) in [4.78, 5) is 2.78. The molecule has 3 heteroatoms. The summed E-state index contributed by atoms with van der Waals surface area (Å²) in [5.41, 5.74) is 0.330. The maximum Gasteiger partial charge on any atom is 0.0477 e. The topological polar surface area (TPSA) is 24.5 Å². The fraction of sp³-hybridized carbons (Fsp3) is 1.00. The Balaban J connectivity index is 2.82. The molecule has 0 aromatic carbocycles. The first kappa shape index (κ1) is 17.9. The highest BCUT2D eigenvalue weighted by Crippen LogP contribution is 2.31. The SMILES string of the molecule is CCC(C)C1CN(C(C)CCOC)C(CC)(CC)CN1. The van der Waals surface area contributed by atoms with E-state index < -0.39 is 0 Å². The summed E-state index contributed by atoms with van der Waals surface area (Å²) in [5, 5.41) is 3.83. The van der Waals surface area contributed by atoms with E-state index in [4.69, 9.17) is 4.74 Å². The Kier molecular flexibility index (Phi) is 7.49. The largest absolute Gasteiger partial charge is 0.385 e. The van der Waals surface area contributed by atoms with Gasteiger partial charge >= 0.3 is 0 Å². The number of nitrogens with zero attached hydrogens (tertiary/aromatic N) is 1. The molecule has 20 heavy (non-hydrogen) atoms. The lowest BCUT2D eigenvalue weighted by molar-refractivity contribution is -0.0168. The van der Waals surface area contributed by atoms with Gasteiger partial charge in [-0.25, -0.2) is 0 Å². The minimum atomic E-state index is 0.330. The normalized spacial score (nSPS) is 26.4. The van der Waals surface area contributed by atoms with Crippen molar-refractivity contribution in [2.75, 3.05) is 26.8 Å². The van der Waals surface area contributed by atoms with Crippen LogP contribution < -0.4 is 5.32 Å². The Bertz CT molecular complexity index is 266. The summed E-state index contributed by atoms with van der Waals surface area (Å²) in [5.74, 6) is 0.749. The van der Waals surface area contributed by atoms with Crippen LogP contribution in [0.4, 0.5) is 0 Å². The van der Waals surface area contributed by atoms with Gasteiger partial charge in [0.1, 0.15) is 0 Å². The van der Waals surface area contributed by atoms with E-state index in [0.717, 1.165) is 25.5 Å². The Morgan fingerprint density at radius 3 is 2.40 bits per heavy atom. The minimum Gasteiger partial charge on any atom is -0.385 e. The molecular weight excluding hydrogens is 248 g/mol. The zero-order chi connectivity index (χ0) is 15.2. The van der Waals surface area contributed by atoms with Gasteiger partial charge in [0.15, 0.2) is 0 Å². The summed E-state index contributed by atoms with van der Waals surface area (Å²) in [7, 11) is 1.80. The smallest absolute Gasteiger partial charge is 0.0477 e. The van der Waals surface area contributed by atoms with Crippen molar-refractivity contribution < 1.29 is 4.74 Å². The van der Waals surface area contributed by atoms with Gasteiger partial charge in [-0.3, -0.25) is 4.90 Å². The van der Waals surface area contributed by atoms with Gasteiger partial charge in [0, 0.05) is 44.4 Å². The van der Waals surface area contributed by atoms with Crippen LogP contribution in [0, 0.1) is 5.92 Å². The van der Waals surface area contributed by atoms with Crippen molar-refractivity contribution in [1.29, 1.82) is 0 Å². The number of piperazine rings is 1. The Morgan fingerprint density at radius 1 is 1.25 bits per heavy atom. The molecule has 0 saturated carbocycles. The molecule has 3 unspecified atom stereocenters. The molecule has 0 amide bonds. The van der Waals surface area contributed by atoms with Crippen molar-refractivity contribution in [3.8, 4) is 0 Å². The van der Waals surface area contributed by atoms with E-state index >= 15 is 0 Å². The van der Waals surface area contributed by atoms with Crippen LogP contribution in [0.5, 0.6) is 0 Å². The molecule has 0 aromatic rings. The summed E-state index contributed by atoms with van der Waals surface area (Å²) in [6.07, 6.45) is 4.83. The van der Waals surface area contributed by atoms with Crippen LogP contribution in [-0.2, 0) is 4.74 Å². The highest BCUT2D eigenvalue weighted by atomic mass is 16.5. The molecule has 3 nitrogen and oxygen atoms in total. The van der Waals surface area contributed by atoms with Gasteiger partial charge in [0.05, 0.1) is 0 Å². The monoisotopic (exact) mass is 284 g/mol. The van der Waals surface area contributed by atoms with E-state index in [2.05, 4.69) is 44.8 Å². The summed E-state index contributed by atoms with van der Waals surface area (Å²) >= 11 is 0. The van der Waals surface area contributed by atoms with Crippen molar-refractivity contribution in [2.24, 2.45) is 5.92 Å². The van der Waals surface area contributed by atoms with E-state index in [9.17, 15) is 0 Å². The number of hydrogen-bond donors (Lipinski definition) is 1. The van der Waals surface area contributed by atoms with Gasteiger partial charge in [0.25, 0.3) is 0 Å². The lowest BCUT2D eigenvalue weighted by atomic mass is 9.83. The van der Waals surface area contributed by atoms with Gasteiger partial charge in [-0.05, 0) is 32.1 Å². The number of nitrogens with one attached hydrogen (secondary N) is 1. The number of hydrogen-bond acceptors (Lipinski definition) is 3. The average molecular weight is 284 g/mol. The molecule has 1 fully saturated rings. The van der Waals surface area contributed by atoms with E-state index in [1.165, 1.54) is 25.8 Å². The molecule has 0 radical (unpaired) electrons. The maximum absolute atomic E-state index is 5.29. The molecule has 120 valence electrons. The maximum atomic E-state index is 5.29. The molecule has 0 bridgehead atoms. The van der Waals surface area contributed by atoms with Gasteiger partial charge in [-0.15, -0.1) is 0 Å². The van der Waals surface area contributed by atoms with Crippen molar-refractivity contribution in [1.82, 2.24) is 10.2 Å². The first-order valence-electron chi connectivity index (χ1n) is 8.53. The third-order valence-corrected chi connectivity index (χ3v) is 5.61. The predicted molar refractivity (Wildman–Crippen MR) is 87.2 cm³/mol. The molecular formula is C17H36N2O. The average Bonchev–Trinajstić information content (AvgIpc) is 2.51. The van der Waals surface area contributed by atoms with Gasteiger partial charge < -0.3 is 10.1 Å². The van der Waals surface area contributed by atoms with Crippen LogP contribution in [0.15, 0.2) is 0 Å². The van der Waals surface area contributed by atoms with Crippen LogP contribution in [0.1, 0.15) is 60.3 Å². The fourth-order valence-corrected chi connectivity index (χ4v) is 3.56. The van der Waals surface area contributed by atoms with Gasteiger partial charge in [-0.1, -0.05) is 34.1 Å². The Hall–Kier alpha value is -0.120. The second kappa shape index (κ2) is 8.35. The highest BCUT2D eigenvalue weighted by molar-refractivity contribution is 5.00. The molecule has 1 N–H and O–H groups in total. The van der Waals surface area contributed by atoms with Gasteiger partial charge in [-0.2, -0.15) is 0 Å². The first-order chi connectivity index (χ1) is 9.54. The fourth-order valence-electron chi connectivity index (χ4n) is 3.56. The molecule has 1 aliphatic heterocycles. The number of ether oxygens (including phenoxy) is 1. The van der Waals surface area contributed by atoms with E-state index in [1.807, 2.05) is 0 Å². The molecule has 1 saturated heterocycles. The van der Waals surface area contributed by atoms with E-state index in [0.29, 0.717) is 17.6 Å². The first-order valence-corrected chi connectivity index (χ1v) is 8.53. The van der Waals surface area contributed by atoms with Crippen molar-refractivity contribution >= 4 is 0 Å². The predicted octanol–water partition coefficient (Wildman–Crippen LogP) is 3.29. The second-order valence-corrected chi connectivity index (χ2v) is 6.59. The molecule has 1 aliphatic rings. The standard InChI is InChI=1S/C17H36N2O/c1-7-14(4)16-12-19(15(5)10-11-20-6)17(8-2,9-3)13-18-16/h14-16,18H,7-13H2,1-6H3. The van der Waals surface area contributed by atoms with E-state index in [1.54, 1.807) is 7.11 Å². The van der Waals surface area contributed by atoms with Gasteiger partial charge in [0.2, 0.25) is 0 Å². The molecule has 3 atom stereocenters. The lowest BCUT2D eigenvalue weighted by Crippen LogP contribution is -2.67. The molecule has 1 rings (SSSR count). The number of rotatable bonds is 8. The zero-order valence-corrected chi connectivity index (χ0v) is 14.5. The van der Waals surface area contributed by atoms with Crippen LogP contribution in [0.2, 0.25) is 0 Å². The summed E-state index contributed by atoms with van der Waals surface area (Å²) < 4.78 is 5.29. The molecule has 0 spiro atoms. The van der Waals surface area contributed by atoms with E-state index in [-0.39, 0.29) is 0 Å². The van der Waals surface area contributed by atoms with Crippen molar-refractivity contribution in [3.63, 3.8) is 0 Å². The third kappa shape index (κ3) is 3.96. The van der Waals surface area contributed by atoms with Crippen LogP contribution >= 0.6 is 0 Å². The quantitative estimate of drug-likeness (QED) is 0.740. The Labute approximate surface area is 126 Å². The Morgan fingerprint density at radius 2 is 1.90 bits per heavy atom. The van der Waals surface area contributed by atoms with Crippen LogP contribution in [0.3, 0.4) is 0 Å². The van der Waals surface area contributed by atoms with Crippen molar-refractivity contribution in [3.05, 3.63) is 0 Å². The number of methoxy groups -OCH3 is 1. The molecule has 1 heterocycles. The summed E-state index contributed by atoms with van der Waals surface area (Å²) in [6.45, 7) is 14.9. The highest BCUT2D eigenvalue weighted by Gasteiger charge is 2.41. The second-order valence-electron chi connectivity index (χ2n) is 6.59. The summed E-state index contributed by atoms with van der Waals surface area (Å²) in [6, 6.07) is 1.24. The third-order valence-electron chi connectivity index (χ3n) is 5.61.